The minimum Gasteiger partial charge on any atom is -0.457 e. The summed E-state index contributed by atoms with van der Waals surface area (Å²) in [4.78, 5) is 0.177. The third-order valence-corrected chi connectivity index (χ3v) is 3.72. The summed E-state index contributed by atoms with van der Waals surface area (Å²) in [5.41, 5.74) is 6.36. The van der Waals surface area contributed by atoms with Crippen LogP contribution in [0.15, 0.2) is 47.4 Å². The number of anilines is 1. The first-order valence-corrected chi connectivity index (χ1v) is 7.57. The molecule has 2 aromatic carbocycles. The van der Waals surface area contributed by atoms with Crippen molar-refractivity contribution in [3.05, 3.63) is 48.0 Å². The second-order valence-corrected chi connectivity index (χ2v) is 6.23. The average Bonchev–Trinajstić information content (AvgIpc) is 2.38. The Hall–Kier alpha value is -2.52. The fourth-order valence-corrected chi connectivity index (χ4v) is 2.27. The van der Waals surface area contributed by atoms with Gasteiger partial charge in [0.05, 0.1) is 16.1 Å². The number of hydrogen-bond donors (Lipinski definition) is 1. The number of nitrogen functional groups attached to an aromatic ring is 1. The van der Waals surface area contributed by atoms with Crippen LogP contribution >= 0.6 is 0 Å². The number of ether oxygens (including phenoxy) is 1. The lowest BCUT2D eigenvalue weighted by molar-refractivity contribution is 0.481. The van der Waals surface area contributed by atoms with Crippen molar-refractivity contribution in [3.63, 3.8) is 0 Å². The maximum absolute atomic E-state index is 11.5. The molecular weight excluding hydrogens is 276 g/mol. The Balaban J connectivity index is 2.31. The lowest BCUT2D eigenvalue weighted by atomic mass is 10.2. The zero-order valence-electron chi connectivity index (χ0n) is 10.7. The van der Waals surface area contributed by atoms with E-state index >= 15 is 0 Å². The van der Waals surface area contributed by atoms with E-state index in [-0.39, 0.29) is 4.90 Å². The maximum Gasteiger partial charge on any atom is 0.175 e. The molecule has 0 heterocycles. The molecule has 20 heavy (non-hydrogen) atoms. The molecule has 0 bridgehead atoms. The molecular formula is C14H12N2O3S. The van der Waals surface area contributed by atoms with Gasteiger partial charge < -0.3 is 10.5 Å². The van der Waals surface area contributed by atoms with E-state index in [0.717, 1.165) is 6.26 Å². The number of rotatable bonds is 3. The van der Waals surface area contributed by atoms with Gasteiger partial charge in [-0.3, -0.25) is 0 Å². The molecule has 0 amide bonds. The molecule has 0 aromatic heterocycles. The summed E-state index contributed by atoms with van der Waals surface area (Å²) in [6.07, 6.45) is 1.13. The Morgan fingerprint density at radius 3 is 2.45 bits per heavy atom. The van der Waals surface area contributed by atoms with Crippen LogP contribution in [0.25, 0.3) is 0 Å². The molecule has 2 N–H and O–H groups in total. The van der Waals surface area contributed by atoms with Gasteiger partial charge in [-0.1, -0.05) is 6.07 Å². The Kier molecular flexibility index (Phi) is 3.63. The monoisotopic (exact) mass is 288 g/mol. The molecule has 0 saturated carbocycles. The highest BCUT2D eigenvalue weighted by Gasteiger charge is 2.09. The van der Waals surface area contributed by atoms with E-state index in [1.807, 2.05) is 6.07 Å². The van der Waals surface area contributed by atoms with Crippen LogP contribution in [0, 0.1) is 11.3 Å². The number of hydrogen-bond acceptors (Lipinski definition) is 5. The first kappa shape index (κ1) is 13.9. The van der Waals surface area contributed by atoms with Gasteiger partial charge in [0.1, 0.15) is 17.6 Å². The van der Waals surface area contributed by atoms with Gasteiger partial charge in [-0.2, -0.15) is 5.26 Å². The summed E-state index contributed by atoms with van der Waals surface area (Å²) in [5.74, 6) is 0.823. The second kappa shape index (κ2) is 5.23. The van der Waals surface area contributed by atoms with E-state index in [4.69, 9.17) is 15.7 Å². The zero-order valence-corrected chi connectivity index (χ0v) is 11.5. The van der Waals surface area contributed by atoms with Gasteiger partial charge in [0.15, 0.2) is 9.84 Å². The summed E-state index contributed by atoms with van der Waals surface area (Å²) in [6.45, 7) is 0. The van der Waals surface area contributed by atoms with Crippen LogP contribution in [-0.2, 0) is 9.84 Å². The number of nitriles is 1. The molecule has 0 unspecified atom stereocenters. The van der Waals surface area contributed by atoms with Gasteiger partial charge in [-0.25, -0.2) is 8.42 Å². The fraction of sp³-hybridized carbons (Fsp3) is 0.0714. The van der Waals surface area contributed by atoms with Gasteiger partial charge in [0.2, 0.25) is 0 Å². The summed E-state index contributed by atoms with van der Waals surface area (Å²) < 4.78 is 28.5. The van der Waals surface area contributed by atoms with E-state index in [2.05, 4.69) is 0 Å². The standard InChI is InChI=1S/C14H12N2O3S/c1-20(17,18)13-4-2-3-11(7-13)19-12-6-5-10(9-15)14(16)8-12/h2-8H,16H2,1H3. The van der Waals surface area contributed by atoms with Gasteiger partial charge in [-0.15, -0.1) is 0 Å². The van der Waals surface area contributed by atoms with Crippen molar-refractivity contribution in [3.8, 4) is 17.6 Å². The zero-order chi connectivity index (χ0) is 14.8. The molecule has 0 spiro atoms. The van der Waals surface area contributed by atoms with Crippen LogP contribution in [0.2, 0.25) is 0 Å². The predicted molar refractivity (Wildman–Crippen MR) is 75.2 cm³/mol. The number of nitrogens with two attached hydrogens (primary N) is 1. The fourth-order valence-electron chi connectivity index (χ4n) is 1.61. The van der Waals surface area contributed by atoms with E-state index in [0.29, 0.717) is 22.7 Å². The van der Waals surface area contributed by atoms with Gasteiger partial charge in [0.25, 0.3) is 0 Å². The Bertz CT molecular complexity index is 792. The van der Waals surface area contributed by atoms with Crippen molar-refractivity contribution in [2.24, 2.45) is 0 Å². The quantitative estimate of drug-likeness (QED) is 0.875. The lowest BCUT2D eigenvalue weighted by Gasteiger charge is -2.08. The topological polar surface area (TPSA) is 93.2 Å². The molecule has 102 valence electrons. The maximum atomic E-state index is 11.5. The molecule has 0 aliphatic rings. The molecule has 0 atom stereocenters. The van der Waals surface area contributed by atoms with Gasteiger partial charge >= 0.3 is 0 Å². The number of nitrogens with zero attached hydrogens (tertiary/aromatic N) is 1. The average molecular weight is 288 g/mol. The first-order chi connectivity index (χ1) is 9.40. The van der Waals surface area contributed by atoms with Crippen LogP contribution in [-0.4, -0.2) is 14.7 Å². The van der Waals surface area contributed by atoms with Crippen molar-refractivity contribution < 1.29 is 13.2 Å². The van der Waals surface area contributed by atoms with E-state index < -0.39 is 9.84 Å². The lowest BCUT2D eigenvalue weighted by Crippen LogP contribution is -1.97. The van der Waals surface area contributed by atoms with Crippen LogP contribution in [0.4, 0.5) is 5.69 Å². The third-order valence-electron chi connectivity index (χ3n) is 2.61. The predicted octanol–water partition coefficient (Wildman–Crippen LogP) is 2.34. The van der Waals surface area contributed by atoms with E-state index in [1.165, 1.54) is 18.2 Å². The van der Waals surface area contributed by atoms with Gasteiger partial charge in [-0.05, 0) is 30.3 Å². The summed E-state index contributed by atoms with van der Waals surface area (Å²) in [6, 6.07) is 12.8. The van der Waals surface area contributed by atoms with Crippen molar-refractivity contribution in [1.82, 2.24) is 0 Å². The largest absolute Gasteiger partial charge is 0.457 e. The van der Waals surface area contributed by atoms with Crippen molar-refractivity contribution in [2.45, 2.75) is 4.90 Å². The molecule has 0 saturated heterocycles. The van der Waals surface area contributed by atoms with Crippen molar-refractivity contribution >= 4 is 15.5 Å². The molecule has 2 aromatic rings. The second-order valence-electron chi connectivity index (χ2n) is 4.21. The minimum atomic E-state index is -3.28. The highest BCUT2D eigenvalue weighted by atomic mass is 32.2. The number of sulfone groups is 1. The summed E-state index contributed by atoms with van der Waals surface area (Å²) in [5, 5.41) is 8.79. The Labute approximate surface area is 117 Å². The Morgan fingerprint density at radius 1 is 1.15 bits per heavy atom. The van der Waals surface area contributed by atoms with Crippen molar-refractivity contribution in [2.75, 3.05) is 12.0 Å². The molecule has 0 aliphatic heterocycles. The normalized spacial score (nSPS) is 10.8. The first-order valence-electron chi connectivity index (χ1n) is 5.68. The van der Waals surface area contributed by atoms with Crippen LogP contribution in [0.5, 0.6) is 11.5 Å². The number of benzene rings is 2. The highest BCUT2D eigenvalue weighted by molar-refractivity contribution is 7.90. The van der Waals surface area contributed by atoms with Gasteiger partial charge in [0, 0.05) is 12.3 Å². The SMILES string of the molecule is CS(=O)(=O)c1cccc(Oc2ccc(C#N)c(N)c2)c1. The molecule has 2 rings (SSSR count). The molecule has 0 radical (unpaired) electrons. The molecule has 6 heteroatoms. The van der Waals surface area contributed by atoms with Crippen molar-refractivity contribution in [1.29, 1.82) is 5.26 Å². The summed E-state index contributed by atoms with van der Waals surface area (Å²) in [7, 11) is -3.28. The highest BCUT2D eigenvalue weighted by Crippen LogP contribution is 2.26. The van der Waals surface area contributed by atoms with Crippen LogP contribution in [0.1, 0.15) is 5.56 Å². The Morgan fingerprint density at radius 2 is 1.85 bits per heavy atom. The van der Waals surface area contributed by atoms with Crippen LogP contribution < -0.4 is 10.5 Å². The molecule has 0 fully saturated rings. The van der Waals surface area contributed by atoms with E-state index in [9.17, 15) is 8.42 Å². The summed E-state index contributed by atoms with van der Waals surface area (Å²) >= 11 is 0. The third kappa shape index (κ3) is 3.08. The van der Waals surface area contributed by atoms with E-state index in [1.54, 1.807) is 24.3 Å². The van der Waals surface area contributed by atoms with Crippen LogP contribution in [0.3, 0.4) is 0 Å². The smallest absolute Gasteiger partial charge is 0.175 e. The molecule has 0 aliphatic carbocycles. The minimum absolute atomic E-state index is 0.177. The molecule has 5 nitrogen and oxygen atoms in total.